The van der Waals surface area contributed by atoms with Crippen LogP contribution >= 0.6 is 0 Å². The number of nitrogens with zero attached hydrogens (tertiary/aromatic N) is 1. The highest BCUT2D eigenvalue weighted by Crippen LogP contribution is 2.26. The van der Waals surface area contributed by atoms with E-state index in [1.807, 2.05) is 48.5 Å². The quantitative estimate of drug-likeness (QED) is 0.660. The van der Waals surface area contributed by atoms with Crippen LogP contribution in [-0.2, 0) is 4.79 Å². The zero-order chi connectivity index (χ0) is 19.2. The van der Waals surface area contributed by atoms with Gasteiger partial charge in [0, 0.05) is 31.0 Å². The second kappa shape index (κ2) is 8.31. The Balaban J connectivity index is 1.92. The SMILES string of the molecule is COc1ccc(-c2cc(C(=O)NCCNC(C)=O)c3ccccc3n2)cc1. The van der Waals surface area contributed by atoms with Crippen LogP contribution in [0.4, 0.5) is 0 Å². The molecule has 2 amide bonds. The summed E-state index contributed by atoms with van der Waals surface area (Å²) in [5, 5.41) is 6.29. The van der Waals surface area contributed by atoms with Crippen LogP contribution in [0.25, 0.3) is 22.2 Å². The van der Waals surface area contributed by atoms with Crippen LogP contribution in [0.1, 0.15) is 17.3 Å². The highest BCUT2D eigenvalue weighted by molar-refractivity contribution is 6.07. The third-order valence-electron chi connectivity index (χ3n) is 4.13. The van der Waals surface area contributed by atoms with Gasteiger partial charge in [-0.2, -0.15) is 0 Å². The molecule has 0 aliphatic heterocycles. The summed E-state index contributed by atoms with van der Waals surface area (Å²) in [5.74, 6) is 0.435. The highest BCUT2D eigenvalue weighted by Gasteiger charge is 2.13. The van der Waals surface area contributed by atoms with Crippen molar-refractivity contribution in [3.05, 3.63) is 60.2 Å². The number of hydrogen-bond acceptors (Lipinski definition) is 4. The maximum absolute atomic E-state index is 12.7. The number of methoxy groups -OCH3 is 1. The Kier molecular flexibility index (Phi) is 5.66. The summed E-state index contributed by atoms with van der Waals surface area (Å²) in [6.07, 6.45) is 0. The van der Waals surface area contributed by atoms with Crippen molar-refractivity contribution in [1.29, 1.82) is 0 Å². The lowest BCUT2D eigenvalue weighted by Gasteiger charge is -2.11. The number of amides is 2. The first-order valence-corrected chi connectivity index (χ1v) is 8.65. The van der Waals surface area contributed by atoms with Gasteiger partial charge in [-0.15, -0.1) is 0 Å². The van der Waals surface area contributed by atoms with E-state index in [1.54, 1.807) is 13.2 Å². The molecule has 0 spiro atoms. The van der Waals surface area contributed by atoms with Gasteiger partial charge in [-0.1, -0.05) is 18.2 Å². The second-order valence-electron chi connectivity index (χ2n) is 6.04. The average Bonchev–Trinajstić information content (AvgIpc) is 2.70. The van der Waals surface area contributed by atoms with Gasteiger partial charge in [-0.25, -0.2) is 4.98 Å². The number of nitrogens with one attached hydrogen (secondary N) is 2. The van der Waals surface area contributed by atoms with E-state index in [4.69, 9.17) is 4.74 Å². The van der Waals surface area contributed by atoms with Gasteiger partial charge in [0.25, 0.3) is 5.91 Å². The predicted octanol–water partition coefficient (Wildman–Crippen LogP) is 2.78. The van der Waals surface area contributed by atoms with Crippen molar-refractivity contribution in [3.63, 3.8) is 0 Å². The van der Waals surface area contributed by atoms with E-state index in [0.29, 0.717) is 24.3 Å². The first-order chi connectivity index (χ1) is 13.1. The molecule has 0 aliphatic carbocycles. The molecule has 0 bridgehead atoms. The Morgan fingerprint density at radius 3 is 2.41 bits per heavy atom. The summed E-state index contributed by atoms with van der Waals surface area (Å²) in [5.41, 5.74) is 2.91. The highest BCUT2D eigenvalue weighted by atomic mass is 16.5. The van der Waals surface area contributed by atoms with Crippen LogP contribution in [0.3, 0.4) is 0 Å². The van der Waals surface area contributed by atoms with Gasteiger partial charge in [0.1, 0.15) is 5.75 Å². The van der Waals surface area contributed by atoms with E-state index in [1.165, 1.54) is 6.92 Å². The molecule has 2 N–H and O–H groups in total. The smallest absolute Gasteiger partial charge is 0.252 e. The zero-order valence-corrected chi connectivity index (χ0v) is 15.3. The number of para-hydroxylation sites is 1. The van der Waals surface area contributed by atoms with Crippen LogP contribution in [0.15, 0.2) is 54.6 Å². The Bertz CT molecular complexity index is 968. The standard InChI is InChI=1S/C21H21N3O3/c1-14(25)22-11-12-23-21(26)18-13-20(15-7-9-16(27-2)10-8-15)24-19-6-4-3-5-17(18)19/h3-10,13H,11-12H2,1-2H3,(H,22,25)(H,23,26). The summed E-state index contributed by atoms with van der Waals surface area (Å²) in [6.45, 7) is 2.18. The molecule has 3 rings (SSSR count). The first kappa shape index (κ1) is 18.4. The second-order valence-corrected chi connectivity index (χ2v) is 6.04. The molecule has 0 saturated carbocycles. The molecule has 27 heavy (non-hydrogen) atoms. The number of carbonyl (C=O) groups is 2. The topological polar surface area (TPSA) is 80.3 Å². The van der Waals surface area contributed by atoms with E-state index >= 15 is 0 Å². The molecular formula is C21H21N3O3. The average molecular weight is 363 g/mol. The van der Waals surface area contributed by atoms with Crippen LogP contribution < -0.4 is 15.4 Å². The Hall–Kier alpha value is -3.41. The molecule has 0 atom stereocenters. The van der Waals surface area contributed by atoms with Crippen molar-refractivity contribution >= 4 is 22.7 Å². The third-order valence-corrected chi connectivity index (χ3v) is 4.13. The number of fused-ring (bicyclic) bond motifs is 1. The van der Waals surface area contributed by atoms with Gasteiger partial charge >= 0.3 is 0 Å². The molecule has 0 unspecified atom stereocenters. The predicted molar refractivity (Wildman–Crippen MR) is 105 cm³/mol. The summed E-state index contributed by atoms with van der Waals surface area (Å²) >= 11 is 0. The van der Waals surface area contributed by atoms with Crippen molar-refractivity contribution in [2.24, 2.45) is 0 Å². The molecule has 138 valence electrons. The number of ether oxygens (including phenoxy) is 1. The molecule has 6 nitrogen and oxygen atoms in total. The minimum absolute atomic E-state index is 0.125. The summed E-state index contributed by atoms with van der Waals surface area (Å²) < 4.78 is 5.19. The summed E-state index contributed by atoms with van der Waals surface area (Å²) in [6, 6.07) is 16.9. The van der Waals surface area contributed by atoms with Crippen LogP contribution in [0, 0.1) is 0 Å². The van der Waals surface area contributed by atoms with E-state index in [-0.39, 0.29) is 11.8 Å². The number of rotatable bonds is 6. The molecule has 0 saturated heterocycles. The van der Waals surface area contributed by atoms with Gasteiger partial charge in [-0.3, -0.25) is 9.59 Å². The normalized spacial score (nSPS) is 10.4. The molecule has 1 aromatic heterocycles. The maximum atomic E-state index is 12.7. The number of hydrogen-bond donors (Lipinski definition) is 2. The first-order valence-electron chi connectivity index (χ1n) is 8.65. The molecule has 3 aromatic rings. The Morgan fingerprint density at radius 2 is 1.70 bits per heavy atom. The minimum Gasteiger partial charge on any atom is -0.497 e. The number of carbonyl (C=O) groups excluding carboxylic acids is 2. The molecule has 0 aliphatic rings. The fourth-order valence-electron chi connectivity index (χ4n) is 2.78. The van der Waals surface area contributed by atoms with Crippen molar-refractivity contribution in [2.45, 2.75) is 6.92 Å². The van der Waals surface area contributed by atoms with Crippen LogP contribution in [0.5, 0.6) is 5.75 Å². The minimum atomic E-state index is -0.200. The van der Waals surface area contributed by atoms with Crippen molar-refractivity contribution in [2.75, 3.05) is 20.2 Å². The zero-order valence-electron chi connectivity index (χ0n) is 15.3. The molecule has 0 radical (unpaired) electrons. The lowest BCUT2D eigenvalue weighted by Crippen LogP contribution is -2.33. The molecular weight excluding hydrogens is 342 g/mol. The maximum Gasteiger partial charge on any atom is 0.252 e. The number of benzene rings is 2. The lowest BCUT2D eigenvalue weighted by molar-refractivity contribution is -0.118. The van der Waals surface area contributed by atoms with E-state index < -0.39 is 0 Å². The van der Waals surface area contributed by atoms with Crippen molar-refractivity contribution < 1.29 is 14.3 Å². The summed E-state index contributed by atoms with van der Waals surface area (Å²) in [4.78, 5) is 28.3. The largest absolute Gasteiger partial charge is 0.497 e. The van der Waals surface area contributed by atoms with E-state index in [2.05, 4.69) is 15.6 Å². The van der Waals surface area contributed by atoms with E-state index in [0.717, 1.165) is 22.2 Å². The number of aromatic nitrogens is 1. The lowest BCUT2D eigenvalue weighted by atomic mass is 10.0. The van der Waals surface area contributed by atoms with Crippen molar-refractivity contribution in [3.8, 4) is 17.0 Å². The number of pyridine rings is 1. The van der Waals surface area contributed by atoms with Gasteiger partial charge in [0.2, 0.25) is 5.91 Å². The molecule has 6 heteroatoms. The molecule has 1 heterocycles. The van der Waals surface area contributed by atoms with Crippen LogP contribution in [-0.4, -0.2) is 37.0 Å². The fourth-order valence-corrected chi connectivity index (χ4v) is 2.78. The van der Waals surface area contributed by atoms with Gasteiger partial charge < -0.3 is 15.4 Å². The van der Waals surface area contributed by atoms with E-state index in [9.17, 15) is 9.59 Å². The van der Waals surface area contributed by atoms with Gasteiger partial charge in [0.05, 0.1) is 23.9 Å². The molecule has 2 aromatic carbocycles. The van der Waals surface area contributed by atoms with Gasteiger partial charge in [-0.05, 0) is 36.4 Å². The Labute approximate surface area is 157 Å². The summed E-state index contributed by atoms with van der Waals surface area (Å²) in [7, 11) is 1.62. The fraction of sp³-hybridized carbons (Fsp3) is 0.190. The monoisotopic (exact) mass is 363 g/mol. The Morgan fingerprint density at radius 1 is 1.00 bits per heavy atom. The molecule has 0 fully saturated rings. The van der Waals surface area contributed by atoms with Crippen molar-refractivity contribution in [1.82, 2.24) is 15.6 Å². The van der Waals surface area contributed by atoms with Crippen LogP contribution in [0.2, 0.25) is 0 Å². The third kappa shape index (κ3) is 4.41. The van der Waals surface area contributed by atoms with Gasteiger partial charge in [0.15, 0.2) is 0 Å².